The van der Waals surface area contributed by atoms with Gasteiger partial charge in [0.15, 0.2) is 0 Å². The summed E-state index contributed by atoms with van der Waals surface area (Å²) in [7, 11) is 0. The van der Waals surface area contributed by atoms with Crippen molar-refractivity contribution in [3.8, 4) is 0 Å². The van der Waals surface area contributed by atoms with Crippen molar-refractivity contribution in [1.29, 1.82) is 0 Å². The number of ketones is 1. The first-order chi connectivity index (χ1) is 12.0. The van der Waals surface area contributed by atoms with Gasteiger partial charge in [-0.2, -0.15) is 0 Å². The molecule has 0 heterocycles. The predicted molar refractivity (Wildman–Crippen MR) is 97.1 cm³/mol. The average Bonchev–Trinajstić information content (AvgIpc) is 2.82. The molecule has 0 aromatic heterocycles. The SMILES string of the molecule is CCCCC[C@H](O)/C=C\[C@H]1[C@H](O)CC(=O)[C@H]1C/C=C/CCCC(=O)O. The number of carbonyl (C=O) groups excluding carboxylic acids is 1. The maximum absolute atomic E-state index is 12.1. The molecule has 25 heavy (non-hydrogen) atoms. The number of rotatable bonds is 12. The summed E-state index contributed by atoms with van der Waals surface area (Å²) in [6.45, 7) is 2.11. The molecule has 1 fully saturated rings. The van der Waals surface area contributed by atoms with Crippen LogP contribution >= 0.6 is 0 Å². The van der Waals surface area contributed by atoms with Gasteiger partial charge in [-0.25, -0.2) is 0 Å². The largest absolute Gasteiger partial charge is 0.481 e. The highest BCUT2D eigenvalue weighted by Crippen LogP contribution is 2.33. The number of unbranched alkanes of at least 4 members (excludes halogenated alkanes) is 3. The van der Waals surface area contributed by atoms with Crippen molar-refractivity contribution in [3.63, 3.8) is 0 Å². The van der Waals surface area contributed by atoms with Crippen molar-refractivity contribution in [1.82, 2.24) is 0 Å². The molecule has 1 saturated carbocycles. The van der Waals surface area contributed by atoms with Gasteiger partial charge in [0.05, 0.1) is 12.2 Å². The number of carboxylic acid groups (broad SMARTS) is 1. The Morgan fingerprint density at radius 3 is 2.72 bits per heavy atom. The molecular formula is C20H32O5. The quantitative estimate of drug-likeness (QED) is 0.370. The maximum Gasteiger partial charge on any atom is 0.303 e. The molecule has 0 radical (unpaired) electrons. The summed E-state index contributed by atoms with van der Waals surface area (Å²) in [6.07, 6.45) is 12.1. The Bertz CT molecular complexity index is 469. The number of allylic oxidation sites excluding steroid dienone is 2. The van der Waals surface area contributed by atoms with Gasteiger partial charge >= 0.3 is 5.97 Å². The van der Waals surface area contributed by atoms with Gasteiger partial charge in [0, 0.05) is 24.7 Å². The van der Waals surface area contributed by atoms with E-state index < -0.39 is 18.2 Å². The molecule has 1 aliphatic carbocycles. The molecule has 0 bridgehead atoms. The number of carbonyl (C=O) groups is 2. The van der Waals surface area contributed by atoms with E-state index in [-0.39, 0.29) is 30.5 Å². The highest BCUT2D eigenvalue weighted by Gasteiger charge is 2.39. The molecule has 0 aliphatic heterocycles. The Balaban J connectivity index is 2.48. The van der Waals surface area contributed by atoms with Gasteiger partial charge < -0.3 is 15.3 Å². The van der Waals surface area contributed by atoms with E-state index in [1.807, 2.05) is 12.2 Å². The summed E-state index contributed by atoms with van der Waals surface area (Å²) >= 11 is 0. The zero-order chi connectivity index (χ0) is 18.7. The fraction of sp³-hybridized carbons (Fsp3) is 0.700. The summed E-state index contributed by atoms with van der Waals surface area (Å²) in [6, 6.07) is 0. The van der Waals surface area contributed by atoms with E-state index in [1.54, 1.807) is 12.2 Å². The highest BCUT2D eigenvalue weighted by molar-refractivity contribution is 5.84. The highest BCUT2D eigenvalue weighted by atomic mass is 16.4. The zero-order valence-corrected chi connectivity index (χ0v) is 15.1. The van der Waals surface area contributed by atoms with Crippen LogP contribution in [0.3, 0.4) is 0 Å². The van der Waals surface area contributed by atoms with Crippen LogP contribution in [0.15, 0.2) is 24.3 Å². The number of Topliss-reactive ketones (excluding diaryl/α,β-unsaturated/α-hetero) is 1. The molecule has 0 amide bonds. The second-order valence-electron chi connectivity index (χ2n) is 6.86. The van der Waals surface area contributed by atoms with Crippen LogP contribution in [0.25, 0.3) is 0 Å². The van der Waals surface area contributed by atoms with Gasteiger partial charge in [-0.05, 0) is 25.7 Å². The number of aliphatic hydroxyl groups is 2. The number of hydrogen-bond donors (Lipinski definition) is 3. The van der Waals surface area contributed by atoms with E-state index in [0.29, 0.717) is 25.7 Å². The van der Waals surface area contributed by atoms with Gasteiger partial charge in [0.25, 0.3) is 0 Å². The minimum absolute atomic E-state index is 0.0535. The lowest BCUT2D eigenvalue weighted by Crippen LogP contribution is -2.18. The standard InChI is InChI=1S/C20H32O5/c1-2-3-6-9-15(21)12-13-17-16(18(22)14-19(17)23)10-7-4-5-8-11-20(24)25/h4,7,12-13,15-17,19,21,23H,2-3,5-6,8-11,14H2,1H3,(H,24,25)/b7-4+,13-12-/t15-,16-,17+,19+/m0/s1. The van der Waals surface area contributed by atoms with E-state index in [1.165, 1.54) is 0 Å². The molecule has 5 nitrogen and oxygen atoms in total. The number of aliphatic hydroxyl groups excluding tert-OH is 2. The second-order valence-corrected chi connectivity index (χ2v) is 6.86. The number of carboxylic acids is 1. The average molecular weight is 352 g/mol. The van der Waals surface area contributed by atoms with E-state index in [9.17, 15) is 19.8 Å². The molecule has 0 saturated heterocycles. The molecule has 0 spiro atoms. The van der Waals surface area contributed by atoms with Gasteiger partial charge in [-0.1, -0.05) is 50.5 Å². The Morgan fingerprint density at radius 2 is 2.04 bits per heavy atom. The lowest BCUT2D eigenvalue weighted by atomic mass is 9.90. The molecular weight excluding hydrogens is 320 g/mol. The zero-order valence-electron chi connectivity index (χ0n) is 15.1. The monoisotopic (exact) mass is 352 g/mol. The van der Waals surface area contributed by atoms with Crippen molar-refractivity contribution < 1.29 is 24.9 Å². The van der Waals surface area contributed by atoms with Gasteiger partial charge in [0.1, 0.15) is 5.78 Å². The third kappa shape index (κ3) is 8.45. The summed E-state index contributed by atoms with van der Waals surface area (Å²) in [5.74, 6) is -1.26. The summed E-state index contributed by atoms with van der Waals surface area (Å²) in [4.78, 5) is 22.5. The van der Waals surface area contributed by atoms with Crippen LogP contribution in [0, 0.1) is 11.8 Å². The Hall–Kier alpha value is -1.46. The molecule has 5 heteroatoms. The first kappa shape index (κ1) is 21.6. The minimum atomic E-state index is -0.801. The molecule has 0 aromatic carbocycles. The molecule has 1 rings (SSSR count). The van der Waals surface area contributed by atoms with Crippen molar-refractivity contribution in [3.05, 3.63) is 24.3 Å². The normalized spacial score (nSPS) is 25.2. The smallest absolute Gasteiger partial charge is 0.303 e. The fourth-order valence-electron chi connectivity index (χ4n) is 3.22. The van der Waals surface area contributed by atoms with Crippen LogP contribution in [-0.2, 0) is 9.59 Å². The van der Waals surface area contributed by atoms with Crippen LogP contribution in [-0.4, -0.2) is 39.3 Å². The molecule has 3 N–H and O–H groups in total. The van der Waals surface area contributed by atoms with Crippen LogP contribution in [0.1, 0.15) is 64.7 Å². The van der Waals surface area contributed by atoms with E-state index in [0.717, 1.165) is 19.3 Å². The molecule has 142 valence electrons. The Kier molecular flexibility index (Phi) is 10.3. The third-order valence-electron chi connectivity index (χ3n) is 4.71. The number of aliphatic carboxylic acids is 1. The van der Waals surface area contributed by atoms with Crippen LogP contribution in [0.5, 0.6) is 0 Å². The van der Waals surface area contributed by atoms with Gasteiger partial charge in [-0.3, -0.25) is 9.59 Å². The Morgan fingerprint density at radius 1 is 1.28 bits per heavy atom. The number of hydrogen-bond acceptors (Lipinski definition) is 4. The summed E-state index contributed by atoms with van der Waals surface area (Å²) in [5.41, 5.74) is 0. The van der Waals surface area contributed by atoms with Gasteiger partial charge in [0.2, 0.25) is 0 Å². The summed E-state index contributed by atoms with van der Waals surface area (Å²) in [5, 5.41) is 28.7. The molecule has 0 aromatic rings. The molecule has 1 aliphatic rings. The summed E-state index contributed by atoms with van der Waals surface area (Å²) < 4.78 is 0. The lowest BCUT2D eigenvalue weighted by Gasteiger charge is -2.16. The molecule has 4 atom stereocenters. The Labute approximate surface area is 150 Å². The minimum Gasteiger partial charge on any atom is -0.481 e. The van der Waals surface area contributed by atoms with Crippen LogP contribution < -0.4 is 0 Å². The maximum atomic E-state index is 12.1. The van der Waals surface area contributed by atoms with Crippen molar-refractivity contribution in [2.45, 2.75) is 76.9 Å². The van der Waals surface area contributed by atoms with Crippen LogP contribution in [0.4, 0.5) is 0 Å². The van der Waals surface area contributed by atoms with Crippen molar-refractivity contribution in [2.24, 2.45) is 11.8 Å². The van der Waals surface area contributed by atoms with Crippen molar-refractivity contribution >= 4 is 11.8 Å². The molecule has 0 unspecified atom stereocenters. The lowest BCUT2D eigenvalue weighted by molar-refractivity contribution is -0.137. The topological polar surface area (TPSA) is 94.8 Å². The van der Waals surface area contributed by atoms with Crippen LogP contribution in [0.2, 0.25) is 0 Å². The van der Waals surface area contributed by atoms with E-state index in [4.69, 9.17) is 5.11 Å². The second kappa shape index (κ2) is 12.0. The first-order valence-electron chi connectivity index (χ1n) is 9.39. The fourth-order valence-corrected chi connectivity index (χ4v) is 3.22. The van der Waals surface area contributed by atoms with Gasteiger partial charge in [-0.15, -0.1) is 0 Å². The third-order valence-corrected chi connectivity index (χ3v) is 4.71. The van der Waals surface area contributed by atoms with Crippen molar-refractivity contribution in [2.75, 3.05) is 0 Å². The van der Waals surface area contributed by atoms with E-state index >= 15 is 0 Å². The predicted octanol–water partition coefficient (Wildman–Crippen LogP) is 3.25. The first-order valence-corrected chi connectivity index (χ1v) is 9.39. The van der Waals surface area contributed by atoms with E-state index in [2.05, 4.69) is 6.92 Å².